The lowest BCUT2D eigenvalue weighted by molar-refractivity contribution is 0.585. The Morgan fingerprint density at radius 2 is 1.24 bits per heavy atom. The Bertz CT molecular complexity index is 702. The van der Waals surface area contributed by atoms with Crippen molar-refractivity contribution >= 4 is 18.0 Å². The van der Waals surface area contributed by atoms with Gasteiger partial charge in [0.1, 0.15) is 10.9 Å². The van der Waals surface area contributed by atoms with E-state index in [0.29, 0.717) is 17.0 Å². The molecule has 3 nitrogen and oxygen atoms in total. The Morgan fingerprint density at radius 3 is 1.71 bits per heavy atom. The molecule has 0 fully saturated rings. The van der Waals surface area contributed by atoms with Gasteiger partial charge in [-0.3, -0.25) is 9.97 Å². The fourth-order valence-corrected chi connectivity index (χ4v) is 4.70. The predicted molar refractivity (Wildman–Crippen MR) is 85.5 cm³/mol. The zero-order chi connectivity index (χ0) is 14.5. The van der Waals surface area contributed by atoms with E-state index < -0.39 is 7.14 Å². The summed E-state index contributed by atoms with van der Waals surface area (Å²) in [6, 6.07) is 20.9. The van der Waals surface area contributed by atoms with Crippen LogP contribution >= 0.6 is 7.14 Å². The molecule has 0 saturated heterocycles. The van der Waals surface area contributed by atoms with Crippen molar-refractivity contribution in [2.45, 2.75) is 6.16 Å². The van der Waals surface area contributed by atoms with Crippen LogP contribution in [0.1, 0.15) is 5.56 Å². The smallest absolute Gasteiger partial charge is 0.182 e. The molecule has 21 heavy (non-hydrogen) atoms. The zero-order valence-electron chi connectivity index (χ0n) is 11.5. The quantitative estimate of drug-likeness (QED) is 0.695. The summed E-state index contributed by atoms with van der Waals surface area (Å²) >= 11 is 0. The van der Waals surface area contributed by atoms with Crippen LogP contribution in [0.4, 0.5) is 0 Å². The van der Waals surface area contributed by atoms with Crippen LogP contribution in [0.2, 0.25) is 0 Å². The van der Waals surface area contributed by atoms with E-state index in [1.54, 1.807) is 12.4 Å². The topological polar surface area (TPSA) is 42.9 Å². The van der Waals surface area contributed by atoms with Crippen molar-refractivity contribution in [1.82, 2.24) is 9.97 Å². The minimum absolute atomic E-state index is 0.432. The monoisotopic (exact) mass is 294 g/mol. The van der Waals surface area contributed by atoms with Gasteiger partial charge in [-0.1, -0.05) is 42.5 Å². The van der Waals surface area contributed by atoms with Gasteiger partial charge in [0.05, 0.1) is 0 Å². The highest BCUT2D eigenvalue weighted by molar-refractivity contribution is 7.77. The summed E-state index contributed by atoms with van der Waals surface area (Å²) in [4.78, 5) is 8.64. The molecular formula is C17H15N2OP. The number of nitrogens with zero attached hydrogens (tertiary/aromatic N) is 2. The maximum absolute atomic E-state index is 13.7. The lowest BCUT2D eigenvalue weighted by Gasteiger charge is -2.17. The first-order valence-electron chi connectivity index (χ1n) is 6.75. The fourth-order valence-electron chi connectivity index (χ4n) is 2.25. The Labute approximate surface area is 124 Å². The van der Waals surface area contributed by atoms with Crippen LogP contribution in [0, 0.1) is 0 Å². The molecule has 0 unspecified atom stereocenters. The first-order valence-corrected chi connectivity index (χ1v) is 8.64. The highest BCUT2D eigenvalue weighted by atomic mass is 31.2. The number of rotatable bonds is 4. The van der Waals surface area contributed by atoms with Gasteiger partial charge >= 0.3 is 0 Å². The van der Waals surface area contributed by atoms with E-state index in [4.69, 9.17) is 0 Å². The normalized spacial score (nSPS) is 11.2. The summed E-state index contributed by atoms with van der Waals surface area (Å²) in [5, 5.41) is 0. The standard InChI is InChI=1S/C17H15N2OP/c20-21(16-10-4-6-12-18-16,17-11-5-7-13-19-17)14-15-8-2-1-3-9-15/h1-13H,14H2. The van der Waals surface area contributed by atoms with Gasteiger partial charge in [-0.05, 0) is 29.8 Å². The Balaban J connectivity index is 2.10. The molecular weight excluding hydrogens is 279 g/mol. The lowest BCUT2D eigenvalue weighted by Crippen LogP contribution is -2.22. The number of hydrogen-bond donors (Lipinski definition) is 0. The molecule has 0 saturated carbocycles. The van der Waals surface area contributed by atoms with Crippen molar-refractivity contribution < 1.29 is 4.57 Å². The molecule has 0 spiro atoms. The van der Waals surface area contributed by atoms with E-state index in [1.807, 2.05) is 66.7 Å². The Hall–Kier alpha value is -2.25. The number of pyridine rings is 2. The maximum atomic E-state index is 13.7. The summed E-state index contributed by atoms with van der Waals surface area (Å²) in [5.41, 5.74) is 2.23. The molecule has 0 aliphatic heterocycles. The average Bonchev–Trinajstić information content (AvgIpc) is 2.57. The second-order valence-electron chi connectivity index (χ2n) is 4.76. The van der Waals surface area contributed by atoms with Gasteiger partial charge in [0, 0.05) is 18.6 Å². The molecule has 0 N–H and O–H groups in total. The summed E-state index contributed by atoms with van der Waals surface area (Å²) in [6.07, 6.45) is 3.79. The second-order valence-corrected chi connectivity index (χ2v) is 7.47. The van der Waals surface area contributed by atoms with Crippen molar-refractivity contribution in [2.75, 3.05) is 0 Å². The van der Waals surface area contributed by atoms with Gasteiger partial charge < -0.3 is 4.57 Å². The van der Waals surface area contributed by atoms with E-state index in [9.17, 15) is 4.57 Å². The van der Waals surface area contributed by atoms with Gasteiger partial charge in [0.25, 0.3) is 0 Å². The van der Waals surface area contributed by atoms with E-state index in [-0.39, 0.29) is 0 Å². The molecule has 0 aliphatic carbocycles. The average molecular weight is 294 g/mol. The first kappa shape index (κ1) is 13.7. The SMILES string of the molecule is O=P(Cc1ccccc1)(c1ccccn1)c1ccccn1. The number of benzene rings is 1. The van der Waals surface area contributed by atoms with Crippen molar-refractivity contribution in [2.24, 2.45) is 0 Å². The molecule has 0 amide bonds. The lowest BCUT2D eigenvalue weighted by atomic mass is 10.2. The summed E-state index contributed by atoms with van der Waals surface area (Å²) in [7, 11) is -2.87. The van der Waals surface area contributed by atoms with Crippen LogP contribution < -0.4 is 10.9 Å². The van der Waals surface area contributed by atoms with Crippen molar-refractivity contribution in [3.8, 4) is 0 Å². The third kappa shape index (κ3) is 2.93. The van der Waals surface area contributed by atoms with Crippen LogP contribution in [0.15, 0.2) is 79.1 Å². The van der Waals surface area contributed by atoms with Gasteiger partial charge in [-0.2, -0.15) is 0 Å². The number of hydrogen-bond acceptors (Lipinski definition) is 3. The van der Waals surface area contributed by atoms with Gasteiger partial charge in [-0.15, -0.1) is 0 Å². The zero-order valence-corrected chi connectivity index (χ0v) is 12.4. The predicted octanol–water partition coefficient (Wildman–Crippen LogP) is 2.99. The Morgan fingerprint density at radius 1 is 0.714 bits per heavy atom. The molecule has 0 radical (unpaired) electrons. The summed E-state index contributed by atoms with van der Waals surface area (Å²) in [6.45, 7) is 0. The van der Waals surface area contributed by atoms with Crippen LogP contribution in [0.25, 0.3) is 0 Å². The summed E-state index contributed by atoms with van der Waals surface area (Å²) in [5.74, 6) is 0. The molecule has 0 atom stereocenters. The summed E-state index contributed by atoms with van der Waals surface area (Å²) < 4.78 is 13.7. The molecule has 3 aromatic rings. The molecule has 0 aliphatic rings. The molecule has 4 heteroatoms. The molecule has 3 rings (SSSR count). The van der Waals surface area contributed by atoms with Crippen molar-refractivity contribution in [3.63, 3.8) is 0 Å². The van der Waals surface area contributed by atoms with E-state index in [2.05, 4.69) is 9.97 Å². The van der Waals surface area contributed by atoms with Crippen molar-refractivity contribution in [3.05, 3.63) is 84.7 Å². The minimum Gasteiger partial charge on any atom is -0.310 e. The van der Waals surface area contributed by atoms with E-state index in [0.717, 1.165) is 5.56 Å². The second kappa shape index (κ2) is 6.02. The molecule has 2 aromatic heterocycles. The van der Waals surface area contributed by atoms with Gasteiger partial charge in [-0.25, -0.2) is 0 Å². The van der Waals surface area contributed by atoms with Gasteiger partial charge in [0.15, 0.2) is 7.14 Å². The molecule has 104 valence electrons. The van der Waals surface area contributed by atoms with E-state index >= 15 is 0 Å². The number of aromatic nitrogens is 2. The van der Waals surface area contributed by atoms with Crippen LogP contribution in [-0.4, -0.2) is 9.97 Å². The van der Waals surface area contributed by atoms with E-state index in [1.165, 1.54) is 0 Å². The Kier molecular flexibility index (Phi) is 3.94. The largest absolute Gasteiger partial charge is 0.310 e. The fraction of sp³-hybridized carbons (Fsp3) is 0.0588. The third-order valence-corrected chi connectivity index (χ3v) is 6.11. The maximum Gasteiger partial charge on any atom is 0.182 e. The van der Waals surface area contributed by atoms with Crippen LogP contribution in [-0.2, 0) is 10.7 Å². The molecule has 0 bridgehead atoms. The minimum atomic E-state index is -2.87. The van der Waals surface area contributed by atoms with Crippen LogP contribution in [0.3, 0.4) is 0 Å². The molecule has 1 aromatic carbocycles. The first-order chi connectivity index (χ1) is 10.3. The highest BCUT2D eigenvalue weighted by Crippen LogP contribution is 2.45. The highest BCUT2D eigenvalue weighted by Gasteiger charge is 2.30. The van der Waals surface area contributed by atoms with Crippen molar-refractivity contribution in [1.29, 1.82) is 0 Å². The van der Waals surface area contributed by atoms with Gasteiger partial charge in [0.2, 0.25) is 0 Å². The third-order valence-electron chi connectivity index (χ3n) is 3.29. The van der Waals surface area contributed by atoms with Crippen LogP contribution in [0.5, 0.6) is 0 Å². The molecule has 2 heterocycles.